The molecule has 0 radical (unpaired) electrons. The molecule has 2 aromatic carbocycles. The summed E-state index contributed by atoms with van der Waals surface area (Å²) in [4.78, 5) is 30.9. The van der Waals surface area contributed by atoms with Gasteiger partial charge < -0.3 is 14.4 Å². The van der Waals surface area contributed by atoms with Crippen molar-refractivity contribution < 1.29 is 9.59 Å². The predicted octanol–water partition coefficient (Wildman–Crippen LogP) is 5.46. The van der Waals surface area contributed by atoms with Crippen molar-refractivity contribution in [2.24, 2.45) is 5.92 Å². The molecule has 0 spiro atoms. The van der Waals surface area contributed by atoms with Crippen LogP contribution in [0.1, 0.15) is 61.8 Å². The highest BCUT2D eigenvalue weighted by Crippen LogP contribution is 2.48. The lowest BCUT2D eigenvalue weighted by Crippen LogP contribution is -2.44. The molecule has 2 aliphatic rings. The first-order valence-electron chi connectivity index (χ1n) is 13.4. The highest BCUT2D eigenvalue weighted by atomic mass is 16.2. The molecular weight excluding hydrogens is 446 g/mol. The van der Waals surface area contributed by atoms with Crippen molar-refractivity contribution in [1.82, 2.24) is 14.4 Å². The highest BCUT2D eigenvalue weighted by Gasteiger charge is 2.46. The molecule has 2 atom stereocenters. The zero-order valence-electron chi connectivity index (χ0n) is 21.3. The molecule has 2 unspecified atom stereocenters. The molecule has 3 aromatic rings. The minimum atomic E-state index is 0.00883. The number of aromatic nitrogens is 1. The average molecular weight is 484 g/mol. The van der Waals surface area contributed by atoms with Gasteiger partial charge in [0.05, 0.1) is 13.1 Å². The molecule has 2 aliphatic carbocycles. The van der Waals surface area contributed by atoms with Gasteiger partial charge in [0.1, 0.15) is 0 Å². The molecule has 0 bridgehead atoms. The topological polar surface area (TPSA) is 45.6 Å². The quantitative estimate of drug-likeness (QED) is 0.343. The molecule has 0 aliphatic heterocycles. The summed E-state index contributed by atoms with van der Waals surface area (Å²) in [5.74, 6) is 0.522. The lowest BCUT2D eigenvalue weighted by Gasteiger charge is -2.28. The van der Waals surface area contributed by atoms with Crippen molar-refractivity contribution in [2.75, 3.05) is 13.1 Å². The van der Waals surface area contributed by atoms with Crippen LogP contribution in [-0.4, -0.2) is 45.3 Å². The molecule has 2 fully saturated rings. The van der Waals surface area contributed by atoms with Gasteiger partial charge in [-0.05, 0) is 54.9 Å². The molecule has 188 valence electrons. The van der Waals surface area contributed by atoms with Crippen LogP contribution in [0.5, 0.6) is 0 Å². The van der Waals surface area contributed by atoms with Gasteiger partial charge in [-0.15, -0.1) is 0 Å². The van der Waals surface area contributed by atoms with E-state index in [9.17, 15) is 9.59 Å². The Kier molecular flexibility index (Phi) is 7.55. The molecule has 36 heavy (non-hydrogen) atoms. The van der Waals surface area contributed by atoms with Gasteiger partial charge in [0.2, 0.25) is 11.8 Å². The number of unbranched alkanes of at least 4 members (excludes halogenated alkanes) is 1. The van der Waals surface area contributed by atoms with Crippen LogP contribution < -0.4 is 0 Å². The number of carbonyl (C=O) groups is 2. The standard InChI is InChI=1S/C31H37N3O2/c1-2-3-18-33(31(36)29-20-28(29)25-13-8-5-9-14-25)23-30(35)34(26-16-17-26)22-27-15-10-19-32(27)21-24-11-6-4-7-12-24/h4-15,19,26,28-29H,2-3,16-18,20-23H2,1H3. The van der Waals surface area contributed by atoms with Crippen LogP contribution in [0.4, 0.5) is 0 Å². The number of hydrogen-bond donors (Lipinski definition) is 0. The largest absolute Gasteiger partial charge is 0.345 e. The zero-order valence-corrected chi connectivity index (χ0v) is 21.3. The summed E-state index contributed by atoms with van der Waals surface area (Å²) in [7, 11) is 0. The van der Waals surface area contributed by atoms with Crippen molar-refractivity contribution in [1.29, 1.82) is 0 Å². The number of hydrogen-bond acceptors (Lipinski definition) is 2. The number of benzene rings is 2. The second kappa shape index (κ2) is 11.2. The van der Waals surface area contributed by atoms with Crippen LogP contribution >= 0.6 is 0 Å². The maximum Gasteiger partial charge on any atom is 0.242 e. The molecule has 1 aromatic heterocycles. The van der Waals surface area contributed by atoms with E-state index >= 15 is 0 Å². The van der Waals surface area contributed by atoms with Gasteiger partial charge >= 0.3 is 0 Å². The van der Waals surface area contributed by atoms with E-state index in [0.717, 1.165) is 44.3 Å². The smallest absolute Gasteiger partial charge is 0.242 e. The second-order valence-corrected chi connectivity index (χ2v) is 10.3. The normalized spacial score (nSPS) is 18.6. The average Bonchev–Trinajstić information content (AvgIpc) is 3.84. The lowest BCUT2D eigenvalue weighted by molar-refractivity contribution is -0.142. The monoisotopic (exact) mass is 483 g/mol. The van der Waals surface area contributed by atoms with E-state index in [4.69, 9.17) is 0 Å². The molecule has 0 N–H and O–H groups in total. The van der Waals surface area contributed by atoms with E-state index in [0.29, 0.717) is 25.0 Å². The molecule has 5 nitrogen and oxygen atoms in total. The number of nitrogens with zero attached hydrogens (tertiary/aromatic N) is 3. The Hall–Kier alpha value is -3.34. The number of carbonyl (C=O) groups excluding carboxylic acids is 2. The Morgan fingerprint density at radius 1 is 0.944 bits per heavy atom. The van der Waals surface area contributed by atoms with E-state index in [1.54, 1.807) is 0 Å². The van der Waals surface area contributed by atoms with Crippen LogP contribution in [0.15, 0.2) is 79.0 Å². The van der Waals surface area contributed by atoms with Crippen molar-refractivity contribution in [3.8, 4) is 0 Å². The summed E-state index contributed by atoms with van der Waals surface area (Å²) < 4.78 is 2.23. The van der Waals surface area contributed by atoms with Gasteiger partial charge in [-0.25, -0.2) is 0 Å². The van der Waals surface area contributed by atoms with Crippen molar-refractivity contribution in [3.05, 3.63) is 95.8 Å². The fourth-order valence-corrected chi connectivity index (χ4v) is 5.15. The Morgan fingerprint density at radius 3 is 2.36 bits per heavy atom. The van der Waals surface area contributed by atoms with E-state index in [-0.39, 0.29) is 24.3 Å². The summed E-state index contributed by atoms with van der Waals surface area (Å²) >= 11 is 0. The first-order chi connectivity index (χ1) is 17.6. The van der Waals surface area contributed by atoms with Gasteiger partial charge in [-0.3, -0.25) is 9.59 Å². The van der Waals surface area contributed by atoms with Crippen molar-refractivity contribution in [3.63, 3.8) is 0 Å². The van der Waals surface area contributed by atoms with Gasteiger partial charge in [-0.1, -0.05) is 74.0 Å². The lowest BCUT2D eigenvalue weighted by atomic mass is 10.1. The Labute approximate surface area is 214 Å². The van der Waals surface area contributed by atoms with Crippen LogP contribution in [0.3, 0.4) is 0 Å². The molecule has 5 rings (SSSR count). The van der Waals surface area contributed by atoms with Crippen LogP contribution in [0, 0.1) is 5.92 Å². The van der Waals surface area contributed by atoms with Crippen LogP contribution in [0.2, 0.25) is 0 Å². The van der Waals surface area contributed by atoms with E-state index in [1.807, 2.05) is 34.1 Å². The number of amides is 2. The minimum absolute atomic E-state index is 0.00883. The summed E-state index contributed by atoms with van der Waals surface area (Å²) in [6.07, 6.45) is 7.00. The maximum atomic E-state index is 13.6. The third-order valence-electron chi connectivity index (χ3n) is 7.51. The van der Waals surface area contributed by atoms with Gasteiger partial charge in [0, 0.05) is 36.9 Å². The fourth-order valence-electron chi connectivity index (χ4n) is 5.15. The Morgan fingerprint density at radius 2 is 1.67 bits per heavy atom. The SMILES string of the molecule is CCCCN(CC(=O)N(Cc1cccn1Cc1ccccc1)C1CC1)C(=O)C1CC1c1ccccc1. The van der Waals surface area contributed by atoms with Crippen molar-refractivity contribution >= 4 is 11.8 Å². The summed E-state index contributed by atoms with van der Waals surface area (Å²) in [5.41, 5.74) is 3.61. The molecule has 2 saturated carbocycles. The van der Waals surface area contributed by atoms with E-state index in [2.05, 4.69) is 66.2 Å². The third kappa shape index (κ3) is 5.89. The molecule has 5 heteroatoms. The predicted molar refractivity (Wildman–Crippen MR) is 142 cm³/mol. The molecular formula is C31H37N3O2. The Bertz CT molecular complexity index is 1150. The summed E-state index contributed by atoms with van der Waals surface area (Å²) in [6.45, 7) is 4.36. The van der Waals surface area contributed by atoms with Gasteiger partial charge in [0.25, 0.3) is 0 Å². The van der Waals surface area contributed by atoms with Crippen LogP contribution in [0.25, 0.3) is 0 Å². The molecule has 0 saturated heterocycles. The molecule has 1 heterocycles. The van der Waals surface area contributed by atoms with Crippen LogP contribution in [-0.2, 0) is 22.7 Å². The maximum absolute atomic E-state index is 13.6. The van der Waals surface area contributed by atoms with Gasteiger partial charge in [-0.2, -0.15) is 0 Å². The second-order valence-electron chi connectivity index (χ2n) is 10.3. The highest BCUT2D eigenvalue weighted by molar-refractivity contribution is 5.88. The number of rotatable bonds is 12. The van der Waals surface area contributed by atoms with Gasteiger partial charge in [0.15, 0.2) is 0 Å². The minimum Gasteiger partial charge on any atom is -0.345 e. The Balaban J connectivity index is 1.25. The van der Waals surface area contributed by atoms with E-state index < -0.39 is 0 Å². The molecule has 2 amide bonds. The van der Waals surface area contributed by atoms with E-state index in [1.165, 1.54) is 11.1 Å². The fraction of sp³-hybridized carbons (Fsp3) is 0.419. The summed E-state index contributed by atoms with van der Waals surface area (Å²) in [5, 5.41) is 0. The first-order valence-corrected chi connectivity index (χ1v) is 13.4. The van der Waals surface area contributed by atoms with Crippen molar-refractivity contribution in [2.45, 2.75) is 64.1 Å². The third-order valence-corrected chi connectivity index (χ3v) is 7.51. The first kappa shape index (κ1) is 24.4. The summed E-state index contributed by atoms with van der Waals surface area (Å²) in [6, 6.07) is 25.2. The zero-order chi connectivity index (χ0) is 24.9.